The number of fused-ring (bicyclic) bond motifs is 3. The van der Waals surface area contributed by atoms with Gasteiger partial charge in [0.15, 0.2) is 4.77 Å². The molecule has 3 heterocycles. The summed E-state index contributed by atoms with van der Waals surface area (Å²) in [5, 5.41) is 0. The summed E-state index contributed by atoms with van der Waals surface area (Å²) < 4.78 is 25.5. The van der Waals surface area contributed by atoms with Gasteiger partial charge >= 0.3 is 0 Å². The first kappa shape index (κ1) is 18.5. The van der Waals surface area contributed by atoms with Crippen LogP contribution in [0.15, 0.2) is 22.7 Å². The van der Waals surface area contributed by atoms with E-state index < -0.39 is 0 Å². The van der Waals surface area contributed by atoms with E-state index in [0.717, 1.165) is 27.8 Å². The number of aromatic nitrogens is 2. The van der Waals surface area contributed by atoms with E-state index >= 15 is 0 Å². The van der Waals surface area contributed by atoms with Gasteiger partial charge in [0.2, 0.25) is 5.91 Å². The minimum atomic E-state index is -0.240. The number of nitrogens with zero attached hydrogens (tertiary/aromatic N) is 3. The molecule has 0 N–H and O–H groups in total. The molecule has 1 amide bonds. The van der Waals surface area contributed by atoms with E-state index in [1.807, 2.05) is 24.7 Å². The van der Waals surface area contributed by atoms with Crippen LogP contribution in [0, 0.1) is 10.6 Å². The van der Waals surface area contributed by atoms with E-state index in [0.29, 0.717) is 31.0 Å². The number of carbonyl (C=O) groups excluding carboxylic acids is 1. The fourth-order valence-corrected chi connectivity index (χ4v) is 5.41. The molecule has 0 bridgehead atoms. The Morgan fingerprint density at radius 2 is 2.21 bits per heavy atom. The number of benzene rings is 1. The molecule has 1 aliphatic carbocycles. The molecule has 5 rings (SSSR count). The van der Waals surface area contributed by atoms with Gasteiger partial charge in [0, 0.05) is 47.8 Å². The van der Waals surface area contributed by atoms with Gasteiger partial charge in [0.1, 0.15) is 5.82 Å². The van der Waals surface area contributed by atoms with Crippen molar-refractivity contribution < 1.29 is 13.9 Å². The quantitative estimate of drug-likeness (QED) is 0.650. The van der Waals surface area contributed by atoms with Crippen LogP contribution in [0.25, 0.3) is 0 Å². The van der Waals surface area contributed by atoms with Crippen LogP contribution < -0.4 is 0 Å². The number of imidazole rings is 1. The van der Waals surface area contributed by atoms with Crippen LogP contribution in [0.1, 0.15) is 29.3 Å². The molecule has 1 aromatic carbocycles. The number of amides is 1. The van der Waals surface area contributed by atoms with E-state index in [9.17, 15) is 9.18 Å². The van der Waals surface area contributed by atoms with Crippen molar-refractivity contribution in [3.8, 4) is 0 Å². The Kier molecular flexibility index (Phi) is 4.13. The molecule has 1 saturated heterocycles. The zero-order chi connectivity index (χ0) is 19.8. The molecular weight excluding hydrogens is 445 g/mol. The SMILES string of the molecule is CN(C(=O)Cc1c2n(c(=S)n1C)C[C@@]1(c3cc(Br)ccc3F)C[C@@H]21)C1COC1. The highest BCUT2D eigenvalue weighted by Crippen LogP contribution is 2.66. The van der Waals surface area contributed by atoms with Crippen molar-refractivity contribution >= 4 is 34.1 Å². The predicted molar refractivity (Wildman–Crippen MR) is 108 cm³/mol. The topological polar surface area (TPSA) is 39.4 Å². The second kappa shape index (κ2) is 6.24. The third-order valence-electron chi connectivity index (χ3n) is 6.70. The average Bonchev–Trinajstić information content (AvgIpc) is 3.17. The first-order valence-corrected chi connectivity index (χ1v) is 10.6. The highest BCUT2D eigenvalue weighted by atomic mass is 79.9. The number of carbonyl (C=O) groups is 1. The predicted octanol–water partition coefficient (Wildman–Crippen LogP) is 3.30. The third-order valence-corrected chi connectivity index (χ3v) is 7.69. The molecule has 8 heteroatoms. The smallest absolute Gasteiger partial charge is 0.228 e. The molecule has 28 heavy (non-hydrogen) atoms. The van der Waals surface area contributed by atoms with Crippen LogP contribution in [0.5, 0.6) is 0 Å². The number of hydrogen-bond acceptors (Lipinski definition) is 3. The van der Waals surface area contributed by atoms with Crippen LogP contribution in [0.4, 0.5) is 4.39 Å². The molecule has 2 fully saturated rings. The Labute approximate surface area is 176 Å². The van der Waals surface area contributed by atoms with Gasteiger partial charge in [-0.3, -0.25) is 4.79 Å². The Morgan fingerprint density at radius 1 is 1.46 bits per heavy atom. The number of halogens is 2. The molecule has 0 radical (unpaired) electrons. The van der Waals surface area contributed by atoms with E-state index in [1.165, 1.54) is 6.07 Å². The van der Waals surface area contributed by atoms with Gasteiger partial charge < -0.3 is 18.8 Å². The zero-order valence-electron chi connectivity index (χ0n) is 15.7. The standard InChI is InChI=1S/C20H21BrFN3O2S/c1-23(12-8-27-9-12)17(26)6-16-18-14-7-20(14,10-25(18)19(28)24(16)2)13-5-11(21)3-4-15(13)22/h3-5,12,14H,6-10H2,1-2H3/t14-,20+/m0/s1. The second-order valence-corrected chi connectivity index (χ2v) is 9.45. The summed E-state index contributed by atoms with van der Waals surface area (Å²) in [5.41, 5.74) is 2.57. The van der Waals surface area contributed by atoms with Gasteiger partial charge in [-0.05, 0) is 42.4 Å². The fourth-order valence-electron chi connectivity index (χ4n) is 4.78. The van der Waals surface area contributed by atoms with Crippen LogP contribution in [0.2, 0.25) is 0 Å². The molecule has 2 aliphatic heterocycles. The summed E-state index contributed by atoms with van der Waals surface area (Å²) >= 11 is 9.12. The van der Waals surface area contributed by atoms with Gasteiger partial charge in [0.05, 0.1) is 25.7 Å². The molecule has 148 valence electrons. The van der Waals surface area contributed by atoms with Crippen molar-refractivity contribution in [3.05, 3.63) is 50.2 Å². The lowest BCUT2D eigenvalue weighted by molar-refractivity contribution is -0.141. The molecule has 1 saturated carbocycles. The summed E-state index contributed by atoms with van der Waals surface area (Å²) in [5.74, 6) is 0.104. The Morgan fingerprint density at radius 3 is 2.89 bits per heavy atom. The second-order valence-electron chi connectivity index (χ2n) is 8.17. The molecule has 0 spiro atoms. The third kappa shape index (κ3) is 2.50. The molecule has 1 aromatic heterocycles. The van der Waals surface area contributed by atoms with E-state index in [1.54, 1.807) is 11.0 Å². The summed E-state index contributed by atoms with van der Waals surface area (Å²) in [6, 6.07) is 5.29. The van der Waals surface area contributed by atoms with E-state index in [2.05, 4.69) is 20.5 Å². The summed E-state index contributed by atoms with van der Waals surface area (Å²) in [6.07, 6.45) is 1.20. The summed E-state index contributed by atoms with van der Waals surface area (Å²) in [4.78, 5) is 14.6. The van der Waals surface area contributed by atoms with Crippen molar-refractivity contribution in [2.45, 2.75) is 36.8 Å². The van der Waals surface area contributed by atoms with Gasteiger partial charge in [-0.2, -0.15) is 0 Å². The maximum absolute atomic E-state index is 14.6. The maximum Gasteiger partial charge on any atom is 0.228 e. The van der Waals surface area contributed by atoms with E-state index in [-0.39, 0.29) is 29.1 Å². The highest BCUT2D eigenvalue weighted by molar-refractivity contribution is 9.10. The Balaban J connectivity index is 1.49. The van der Waals surface area contributed by atoms with Crippen LogP contribution in [0.3, 0.4) is 0 Å². The monoisotopic (exact) mass is 465 g/mol. The molecule has 2 aromatic rings. The van der Waals surface area contributed by atoms with Crippen molar-refractivity contribution in [2.75, 3.05) is 20.3 Å². The van der Waals surface area contributed by atoms with Crippen LogP contribution in [-0.2, 0) is 35.0 Å². The van der Waals surface area contributed by atoms with Gasteiger partial charge in [-0.1, -0.05) is 15.9 Å². The molecule has 2 atom stereocenters. The first-order valence-electron chi connectivity index (χ1n) is 9.40. The molecule has 0 unspecified atom stereocenters. The molecular formula is C20H21BrFN3O2S. The summed E-state index contributed by atoms with van der Waals surface area (Å²) in [7, 11) is 3.76. The maximum atomic E-state index is 14.6. The number of hydrogen-bond donors (Lipinski definition) is 0. The number of likely N-dealkylation sites (N-methyl/N-ethyl adjacent to an activating group) is 1. The van der Waals surface area contributed by atoms with Gasteiger partial charge in [-0.25, -0.2) is 4.39 Å². The molecule has 3 aliphatic rings. The largest absolute Gasteiger partial charge is 0.377 e. The van der Waals surface area contributed by atoms with Crippen molar-refractivity contribution in [1.82, 2.24) is 14.0 Å². The fraction of sp³-hybridized carbons (Fsp3) is 0.500. The lowest BCUT2D eigenvalue weighted by atomic mass is 9.93. The van der Waals surface area contributed by atoms with Crippen molar-refractivity contribution in [3.63, 3.8) is 0 Å². The normalized spacial score (nSPS) is 25.2. The lowest BCUT2D eigenvalue weighted by Crippen LogP contribution is -2.50. The highest BCUT2D eigenvalue weighted by Gasteiger charge is 2.63. The van der Waals surface area contributed by atoms with Crippen LogP contribution >= 0.6 is 28.1 Å². The zero-order valence-corrected chi connectivity index (χ0v) is 18.1. The average molecular weight is 466 g/mol. The van der Waals surface area contributed by atoms with Crippen molar-refractivity contribution in [1.29, 1.82) is 0 Å². The molecule has 5 nitrogen and oxygen atoms in total. The Hall–Kier alpha value is -1.51. The van der Waals surface area contributed by atoms with E-state index in [4.69, 9.17) is 17.0 Å². The van der Waals surface area contributed by atoms with Gasteiger partial charge in [-0.15, -0.1) is 0 Å². The van der Waals surface area contributed by atoms with Gasteiger partial charge in [0.25, 0.3) is 0 Å². The number of ether oxygens (including phenoxy) is 1. The summed E-state index contributed by atoms with van der Waals surface area (Å²) in [6.45, 7) is 1.87. The lowest BCUT2D eigenvalue weighted by Gasteiger charge is -2.34. The Bertz CT molecular complexity index is 1060. The van der Waals surface area contributed by atoms with Crippen LogP contribution in [-0.4, -0.2) is 46.2 Å². The van der Waals surface area contributed by atoms with Crippen molar-refractivity contribution in [2.24, 2.45) is 7.05 Å². The minimum Gasteiger partial charge on any atom is -0.377 e. The minimum absolute atomic E-state index is 0.0686. The number of rotatable bonds is 4. The first-order chi connectivity index (χ1) is 13.3.